The van der Waals surface area contributed by atoms with Gasteiger partial charge >= 0.3 is 0 Å². The van der Waals surface area contributed by atoms with E-state index in [0.717, 1.165) is 22.9 Å². The molecule has 7 heteroatoms. The van der Waals surface area contributed by atoms with Crippen LogP contribution < -0.4 is 10.2 Å². The van der Waals surface area contributed by atoms with Crippen molar-refractivity contribution >= 4 is 23.0 Å². The molecule has 30 heavy (non-hydrogen) atoms. The van der Waals surface area contributed by atoms with Crippen LogP contribution in [0.1, 0.15) is 23.5 Å². The Kier molecular flexibility index (Phi) is 4.72. The molecule has 1 aliphatic rings. The molecule has 5 nitrogen and oxygen atoms in total. The first-order chi connectivity index (χ1) is 14.7. The molecular weight excluding hydrogens is 397 g/mol. The van der Waals surface area contributed by atoms with E-state index in [-0.39, 0.29) is 17.9 Å². The van der Waals surface area contributed by atoms with Crippen LogP contribution in [0.15, 0.2) is 91.4 Å². The topological polar surface area (TPSA) is 46.0 Å². The summed E-state index contributed by atoms with van der Waals surface area (Å²) in [6, 6.07) is 21.7. The summed E-state index contributed by atoms with van der Waals surface area (Å²) in [5, 5.41) is 3.98. The normalized spacial score (nSPS) is 18.4. The first-order valence-electron chi connectivity index (χ1n) is 9.57. The fraction of sp³-hybridized carbons (Fsp3) is 0.0870. The van der Waals surface area contributed by atoms with Crippen molar-refractivity contribution in [2.45, 2.75) is 12.1 Å². The van der Waals surface area contributed by atoms with Gasteiger partial charge in [-0.25, -0.2) is 9.37 Å². The highest BCUT2D eigenvalue weighted by atomic mass is 32.1. The molecule has 0 amide bonds. The maximum absolute atomic E-state index is 13.6. The Morgan fingerprint density at radius 1 is 0.867 bits per heavy atom. The van der Waals surface area contributed by atoms with Gasteiger partial charge in [0.05, 0.1) is 11.7 Å². The van der Waals surface area contributed by atoms with Crippen LogP contribution in [-0.4, -0.2) is 19.6 Å². The lowest BCUT2D eigenvalue weighted by molar-refractivity contribution is 0.548. The summed E-state index contributed by atoms with van der Waals surface area (Å²) in [6.45, 7) is 0. The van der Waals surface area contributed by atoms with Gasteiger partial charge in [-0.3, -0.25) is 4.98 Å². The molecule has 0 radical (unpaired) electrons. The van der Waals surface area contributed by atoms with E-state index in [1.54, 1.807) is 24.5 Å². The maximum atomic E-state index is 13.6. The smallest absolute Gasteiger partial charge is 0.174 e. The molecule has 1 aliphatic heterocycles. The van der Waals surface area contributed by atoms with Crippen LogP contribution in [0.3, 0.4) is 0 Å². The maximum Gasteiger partial charge on any atom is 0.174 e. The lowest BCUT2D eigenvalue weighted by Crippen LogP contribution is -2.30. The zero-order chi connectivity index (χ0) is 20.5. The minimum absolute atomic E-state index is 0.180. The van der Waals surface area contributed by atoms with E-state index in [9.17, 15) is 4.39 Å². The number of nitrogens with zero attached hydrogens (tertiary/aromatic N) is 4. The number of aromatic nitrogens is 3. The molecule has 1 fully saturated rings. The van der Waals surface area contributed by atoms with Crippen molar-refractivity contribution in [1.29, 1.82) is 0 Å². The fourth-order valence-electron chi connectivity index (χ4n) is 3.88. The number of hydrogen-bond donors (Lipinski definition) is 1. The molecule has 0 bridgehead atoms. The van der Waals surface area contributed by atoms with Crippen molar-refractivity contribution in [3.8, 4) is 5.82 Å². The Bertz CT molecular complexity index is 1160. The lowest BCUT2D eigenvalue weighted by Gasteiger charge is -2.28. The summed E-state index contributed by atoms with van der Waals surface area (Å²) >= 11 is 5.71. The van der Waals surface area contributed by atoms with Crippen LogP contribution >= 0.6 is 12.2 Å². The summed E-state index contributed by atoms with van der Waals surface area (Å²) in [4.78, 5) is 11.1. The first-order valence-corrected chi connectivity index (χ1v) is 9.98. The van der Waals surface area contributed by atoms with Gasteiger partial charge in [0.15, 0.2) is 5.11 Å². The molecule has 0 spiro atoms. The minimum atomic E-state index is -0.286. The Hall–Kier alpha value is -3.58. The highest BCUT2D eigenvalue weighted by Crippen LogP contribution is 2.42. The highest BCUT2D eigenvalue weighted by molar-refractivity contribution is 7.80. The van der Waals surface area contributed by atoms with Gasteiger partial charge in [-0.1, -0.05) is 12.1 Å². The van der Waals surface area contributed by atoms with E-state index < -0.39 is 0 Å². The quantitative estimate of drug-likeness (QED) is 0.494. The predicted molar refractivity (Wildman–Crippen MR) is 118 cm³/mol. The van der Waals surface area contributed by atoms with Gasteiger partial charge in [-0.2, -0.15) is 0 Å². The van der Waals surface area contributed by atoms with Gasteiger partial charge in [0.25, 0.3) is 0 Å². The average Bonchev–Trinajstić information content (AvgIpc) is 3.40. The minimum Gasteiger partial charge on any atom is -0.351 e. The molecule has 1 saturated heterocycles. The number of nitrogens with one attached hydrogen (secondary N) is 1. The highest BCUT2D eigenvalue weighted by Gasteiger charge is 2.42. The molecule has 4 aromatic rings. The Morgan fingerprint density at radius 2 is 1.63 bits per heavy atom. The van der Waals surface area contributed by atoms with Crippen molar-refractivity contribution < 1.29 is 4.39 Å². The van der Waals surface area contributed by atoms with Crippen molar-refractivity contribution in [3.05, 3.63) is 109 Å². The largest absolute Gasteiger partial charge is 0.351 e. The molecule has 1 aromatic carbocycles. The zero-order valence-electron chi connectivity index (χ0n) is 15.9. The third-order valence-corrected chi connectivity index (χ3v) is 5.50. The third-order valence-electron chi connectivity index (χ3n) is 5.18. The number of hydrogen-bond acceptors (Lipinski definition) is 3. The second kappa shape index (κ2) is 7.68. The standard InChI is InChI=1S/C23H18FN5S/c24-16-9-11-17(12-10-16)29-22(21(27-23(29)30)18-6-1-3-13-25-18)19-7-5-15-28(19)20-8-2-4-14-26-20/h1-15,21-22H,(H,27,30)/t21-,22-/m1/s1. The monoisotopic (exact) mass is 415 g/mol. The van der Waals surface area contributed by atoms with Crippen LogP contribution in [0, 0.1) is 5.82 Å². The summed E-state index contributed by atoms with van der Waals surface area (Å²) in [7, 11) is 0. The number of pyridine rings is 2. The Balaban J connectivity index is 1.67. The molecule has 4 heterocycles. The second-order valence-corrected chi connectivity index (χ2v) is 7.35. The number of rotatable bonds is 4. The summed E-state index contributed by atoms with van der Waals surface area (Å²) in [6.07, 6.45) is 5.53. The van der Waals surface area contributed by atoms with E-state index in [4.69, 9.17) is 12.2 Å². The molecular formula is C23H18FN5S. The van der Waals surface area contributed by atoms with Gasteiger partial charge in [0, 0.05) is 30.0 Å². The molecule has 0 aliphatic carbocycles. The molecule has 0 unspecified atom stereocenters. The van der Waals surface area contributed by atoms with Gasteiger partial charge in [-0.05, 0) is 72.9 Å². The van der Waals surface area contributed by atoms with Gasteiger partial charge in [0.2, 0.25) is 0 Å². The van der Waals surface area contributed by atoms with Crippen LogP contribution in [0.25, 0.3) is 5.82 Å². The fourth-order valence-corrected chi connectivity index (χ4v) is 4.22. The van der Waals surface area contributed by atoms with Crippen molar-refractivity contribution in [3.63, 3.8) is 0 Å². The average molecular weight is 415 g/mol. The summed E-state index contributed by atoms with van der Waals surface area (Å²) in [5.41, 5.74) is 2.69. The van der Waals surface area contributed by atoms with E-state index in [0.29, 0.717) is 5.11 Å². The molecule has 5 rings (SSSR count). The van der Waals surface area contributed by atoms with Crippen LogP contribution in [-0.2, 0) is 0 Å². The van der Waals surface area contributed by atoms with Crippen LogP contribution in [0.2, 0.25) is 0 Å². The van der Waals surface area contributed by atoms with Gasteiger partial charge < -0.3 is 14.8 Å². The van der Waals surface area contributed by atoms with E-state index in [1.807, 2.05) is 58.1 Å². The van der Waals surface area contributed by atoms with E-state index in [1.165, 1.54) is 12.1 Å². The number of thiocarbonyl (C=S) groups is 1. The molecule has 0 saturated carbocycles. The third kappa shape index (κ3) is 3.23. The molecule has 2 atom stereocenters. The van der Waals surface area contributed by atoms with Crippen LogP contribution in [0.4, 0.5) is 10.1 Å². The summed E-state index contributed by atoms with van der Waals surface area (Å²) < 4.78 is 15.6. The van der Waals surface area contributed by atoms with Gasteiger partial charge in [0.1, 0.15) is 17.7 Å². The molecule has 1 N–H and O–H groups in total. The number of benzene rings is 1. The van der Waals surface area contributed by atoms with Crippen molar-refractivity contribution in [2.24, 2.45) is 0 Å². The zero-order valence-corrected chi connectivity index (χ0v) is 16.7. The lowest BCUT2D eigenvalue weighted by atomic mass is 10.0. The second-order valence-electron chi connectivity index (χ2n) is 6.96. The predicted octanol–water partition coefficient (Wildman–Crippen LogP) is 4.58. The Labute approximate surface area is 178 Å². The van der Waals surface area contributed by atoms with Crippen molar-refractivity contribution in [2.75, 3.05) is 4.90 Å². The first kappa shape index (κ1) is 18.4. The number of halogens is 1. The van der Waals surface area contributed by atoms with E-state index in [2.05, 4.69) is 21.4 Å². The SMILES string of the molecule is Fc1ccc(N2C(=S)N[C@H](c3ccccn3)[C@H]2c2cccn2-c2ccccn2)cc1. The molecule has 148 valence electrons. The molecule has 3 aromatic heterocycles. The van der Waals surface area contributed by atoms with Crippen molar-refractivity contribution in [1.82, 2.24) is 19.9 Å². The van der Waals surface area contributed by atoms with E-state index >= 15 is 0 Å². The Morgan fingerprint density at radius 3 is 2.33 bits per heavy atom. The summed E-state index contributed by atoms with van der Waals surface area (Å²) in [5.74, 6) is 0.528. The van der Waals surface area contributed by atoms with Crippen LogP contribution in [0.5, 0.6) is 0 Å². The van der Waals surface area contributed by atoms with Gasteiger partial charge in [-0.15, -0.1) is 0 Å². The number of anilines is 1.